The van der Waals surface area contributed by atoms with Crippen LogP contribution in [0.4, 0.5) is 5.13 Å². The van der Waals surface area contributed by atoms with E-state index in [4.69, 9.17) is 0 Å². The standard InChI is InChI=1S/C24H26N4O3S2/c1-15(25-16(2)29)17-7-9-18(10-8-17)20-14-33-24(26-20)27-23(31)21-6-3-11-28(21)22(30)13-19-5-4-12-32-19/h4-5,7-10,12,14-15,21H,3,6,11,13H2,1-2H3,(H,25,29)(H,26,27,31). The summed E-state index contributed by atoms with van der Waals surface area (Å²) < 4.78 is 0. The van der Waals surface area contributed by atoms with Crippen molar-refractivity contribution in [3.63, 3.8) is 0 Å². The number of nitrogens with zero attached hydrogens (tertiary/aromatic N) is 2. The molecule has 2 atom stereocenters. The van der Waals surface area contributed by atoms with Crippen LogP contribution in [0.25, 0.3) is 11.3 Å². The Bertz CT molecular complexity index is 1130. The molecular formula is C24H26N4O3S2. The van der Waals surface area contributed by atoms with Crippen LogP contribution in [-0.4, -0.2) is 40.2 Å². The maximum atomic E-state index is 12.9. The van der Waals surface area contributed by atoms with Gasteiger partial charge in [0.2, 0.25) is 17.7 Å². The zero-order chi connectivity index (χ0) is 23.4. The van der Waals surface area contributed by atoms with Gasteiger partial charge in [-0.2, -0.15) is 0 Å². The second-order valence-electron chi connectivity index (χ2n) is 8.07. The summed E-state index contributed by atoms with van der Waals surface area (Å²) in [5.41, 5.74) is 2.71. The number of thiazole rings is 1. The van der Waals surface area contributed by atoms with Gasteiger partial charge in [0.1, 0.15) is 6.04 Å². The lowest BCUT2D eigenvalue weighted by Crippen LogP contribution is -2.43. The smallest absolute Gasteiger partial charge is 0.248 e. The van der Waals surface area contributed by atoms with Crippen LogP contribution in [0.15, 0.2) is 47.2 Å². The van der Waals surface area contributed by atoms with Crippen molar-refractivity contribution < 1.29 is 14.4 Å². The normalized spacial score (nSPS) is 16.4. The number of anilines is 1. The fraction of sp³-hybridized carbons (Fsp3) is 0.333. The maximum Gasteiger partial charge on any atom is 0.248 e. The molecule has 9 heteroatoms. The zero-order valence-electron chi connectivity index (χ0n) is 18.5. The van der Waals surface area contributed by atoms with Gasteiger partial charge in [-0.25, -0.2) is 4.98 Å². The molecule has 1 aliphatic rings. The van der Waals surface area contributed by atoms with E-state index in [1.54, 1.807) is 16.2 Å². The predicted molar refractivity (Wildman–Crippen MR) is 131 cm³/mol. The van der Waals surface area contributed by atoms with Crippen molar-refractivity contribution in [3.8, 4) is 11.3 Å². The van der Waals surface area contributed by atoms with Crippen molar-refractivity contribution in [2.75, 3.05) is 11.9 Å². The summed E-state index contributed by atoms with van der Waals surface area (Å²) >= 11 is 2.91. The number of hydrogen-bond donors (Lipinski definition) is 2. The Morgan fingerprint density at radius 3 is 2.67 bits per heavy atom. The average molecular weight is 483 g/mol. The van der Waals surface area contributed by atoms with Crippen LogP contribution in [0.1, 0.15) is 43.2 Å². The van der Waals surface area contributed by atoms with Crippen LogP contribution in [-0.2, 0) is 20.8 Å². The number of carbonyl (C=O) groups excluding carboxylic acids is 3. The Hall–Kier alpha value is -3.04. The number of carbonyl (C=O) groups is 3. The van der Waals surface area contributed by atoms with E-state index < -0.39 is 6.04 Å². The number of hydrogen-bond acceptors (Lipinski definition) is 6. The highest BCUT2D eigenvalue weighted by molar-refractivity contribution is 7.14. The third-order valence-electron chi connectivity index (χ3n) is 5.64. The van der Waals surface area contributed by atoms with Crippen molar-refractivity contribution in [2.45, 2.75) is 45.2 Å². The van der Waals surface area contributed by atoms with Crippen LogP contribution >= 0.6 is 22.7 Å². The number of thiophene rings is 1. The maximum absolute atomic E-state index is 12.9. The van der Waals surface area contributed by atoms with Crippen molar-refractivity contribution in [3.05, 3.63) is 57.6 Å². The topological polar surface area (TPSA) is 91.4 Å². The highest BCUT2D eigenvalue weighted by atomic mass is 32.1. The molecular weight excluding hydrogens is 456 g/mol. The van der Waals surface area contributed by atoms with E-state index >= 15 is 0 Å². The van der Waals surface area contributed by atoms with E-state index in [9.17, 15) is 14.4 Å². The summed E-state index contributed by atoms with van der Waals surface area (Å²) in [6.45, 7) is 4.04. The van der Waals surface area contributed by atoms with Gasteiger partial charge in [-0.05, 0) is 36.8 Å². The van der Waals surface area contributed by atoms with Gasteiger partial charge in [0, 0.05) is 29.3 Å². The zero-order valence-corrected chi connectivity index (χ0v) is 20.2. The highest BCUT2D eigenvalue weighted by Crippen LogP contribution is 2.27. The molecule has 3 heterocycles. The second kappa shape index (κ2) is 10.3. The van der Waals surface area contributed by atoms with E-state index in [-0.39, 0.29) is 23.8 Å². The van der Waals surface area contributed by atoms with Gasteiger partial charge in [-0.3, -0.25) is 14.4 Å². The molecule has 7 nitrogen and oxygen atoms in total. The first kappa shape index (κ1) is 23.1. The first-order valence-corrected chi connectivity index (χ1v) is 12.6. The van der Waals surface area contributed by atoms with Crippen LogP contribution in [0.2, 0.25) is 0 Å². The molecule has 2 N–H and O–H groups in total. The molecule has 1 fully saturated rings. The van der Waals surface area contributed by atoms with Gasteiger partial charge >= 0.3 is 0 Å². The van der Waals surface area contributed by atoms with Crippen LogP contribution in [0.5, 0.6) is 0 Å². The molecule has 2 aromatic heterocycles. The van der Waals surface area contributed by atoms with Gasteiger partial charge in [-0.15, -0.1) is 22.7 Å². The van der Waals surface area contributed by atoms with Gasteiger partial charge in [0.25, 0.3) is 0 Å². The molecule has 3 amide bonds. The third-order valence-corrected chi connectivity index (χ3v) is 7.28. The molecule has 4 rings (SSSR count). The molecule has 3 aromatic rings. The highest BCUT2D eigenvalue weighted by Gasteiger charge is 2.34. The van der Waals surface area contributed by atoms with Crippen molar-refractivity contribution in [2.24, 2.45) is 0 Å². The fourth-order valence-corrected chi connectivity index (χ4v) is 5.40. The number of aromatic nitrogens is 1. The van der Waals surface area contributed by atoms with Crippen molar-refractivity contribution in [1.82, 2.24) is 15.2 Å². The molecule has 0 bridgehead atoms. The second-order valence-corrected chi connectivity index (χ2v) is 9.96. The molecule has 1 aliphatic heterocycles. The Morgan fingerprint density at radius 1 is 1.18 bits per heavy atom. The first-order chi connectivity index (χ1) is 15.9. The number of likely N-dealkylation sites (tertiary alicyclic amines) is 1. The summed E-state index contributed by atoms with van der Waals surface area (Å²) in [5, 5.41) is 10.1. The summed E-state index contributed by atoms with van der Waals surface area (Å²) in [6, 6.07) is 11.2. The molecule has 2 unspecified atom stereocenters. The number of nitrogens with one attached hydrogen (secondary N) is 2. The van der Waals surface area contributed by atoms with E-state index in [2.05, 4.69) is 15.6 Å². The molecule has 172 valence electrons. The van der Waals surface area contributed by atoms with E-state index in [0.717, 1.165) is 28.1 Å². The molecule has 1 aromatic carbocycles. The van der Waals surface area contributed by atoms with Crippen LogP contribution < -0.4 is 10.6 Å². The number of benzene rings is 1. The van der Waals surface area contributed by atoms with Crippen molar-refractivity contribution in [1.29, 1.82) is 0 Å². The lowest BCUT2D eigenvalue weighted by molar-refractivity contribution is -0.136. The quantitative estimate of drug-likeness (QED) is 0.527. The van der Waals surface area contributed by atoms with Gasteiger partial charge in [0.15, 0.2) is 5.13 Å². The SMILES string of the molecule is CC(=O)NC(C)c1ccc(-c2csc(NC(=O)C3CCCN3C(=O)Cc3cccs3)n2)cc1. The summed E-state index contributed by atoms with van der Waals surface area (Å²) in [4.78, 5) is 44.2. The molecule has 0 saturated carbocycles. The average Bonchev–Trinajstić information content (AvgIpc) is 3.55. The molecule has 0 aliphatic carbocycles. The number of amides is 3. The minimum absolute atomic E-state index is 0.0106. The molecule has 0 spiro atoms. The summed E-state index contributed by atoms with van der Waals surface area (Å²) in [7, 11) is 0. The Labute approximate surface area is 200 Å². The fourth-order valence-electron chi connectivity index (χ4n) is 3.98. The molecule has 0 radical (unpaired) electrons. The summed E-state index contributed by atoms with van der Waals surface area (Å²) in [6.07, 6.45) is 1.81. The van der Waals surface area contributed by atoms with Crippen LogP contribution in [0, 0.1) is 0 Å². The molecule has 1 saturated heterocycles. The van der Waals surface area contributed by atoms with Gasteiger partial charge in [-0.1, -0.05) is 30.3 Å². The van der Waals surface area contributed by atoms with Gasteiger partial charge < -0.3 is 15.5 Å². The Kier molecular flexibility index (Phi) is 7.20. The monoisotopic (exact) mass is 482 g/mol. The third kappa shape index (κ3) is 5.66. The minimum Gasteiger partial charge on any atom is -0.350 e. The lowest BCUT2D eigenvalue weighted by Gasteiger charge is -2.23. The first-order valence-electron chi connectivity index (χ1n) is 10.9. The van der Waals surface area contributed by atoms with Crippen molar-refractivity contribution >= 4 is 45.5 Å². The van der Waals surface area contributed by atoms with Crippen LogP contribution in [0.3, 0.4) is 0 Å². The molecule has 33 heavy (non-hydrogen) atoms. The minimum atomic E-state index is -0.459. The lowest BCUT2D eigenvalue weighted by atomic mass is 10.1. The number of rotatable bonds is 7. The van der Waals surface area contributed by atoms with E-state index in [1.165, 1.54) is 18.3 Å². The summed E-state index contributed by atoms with van der Waals surface area (Å²) in [5.74, 6) is -0.267. The van der Waals surface area contributed by atoms with E-state index in [1.807, 2.05) is 54.1 Å². The Morgan fingerprint density at radius 2 is 1.97 bits per heavy atom. The Balaban J connectivity index is 1.38. The van der Waals surface area contributed by atoms with E-state index in [0.29, 0.717) is 24.5 Å². The van der Waals surface area contributed by atoms with Gasteiger partial charge in [0.05, 0.1) is 18.2 Å². The predicted octanol–water partition coefficient (Wildman–Crippen LogP) is 4.24. The largest absolute Gasteiger partial charge is 0.350 e.